The zero-order valence-electron chi connectivity index (χ0n) is 11.9. The molecule has 1 unspecified atom stereocenters. The number of nitrogens with zero attached hydrogens (tertiary/aromatic N) is 2. The maximum absolute atomic E-state index is 11.4. The van der Waals surface area contributed by atoms with Gasteiger partial charge in [0.15, 0.2) is 6.29 Å². The summed E-state index contributed by atoms with van der Waals surface area (Å²) in [4.78, 5) is 18.5. The summed E-state index contributed by atoms with van der Waals surface area (Å²) >= 11 is 0. The summed E-state index contributed by atoms with van der Waals surface area (Å²) in [6, 6.07) is 10.5. The molecule has 3 heteroatoms. The van der Waals surface area contributed by atoms with E-state index < -0.39 is 0 Å². The van der Waals surface area contributed by atoms with Gasteiger partial charge < -0.3 is 4.90 Å². The van der Waals surface area contributed by atoms with Crippen LogP contribution in [0.5, 0.6) is 0 Å². The number of hydrogen-bond acceptors (Lipinski definition) is 3. The molecule has 0 aliphatic carbocycles. The Morgan fingerprint density at radius 3 is 3.00 bits per heavy atom. The zero-order valence-corrected chi connectivity index (χ0v) is 11.9. The Hall–Kier alpha value is -1.90. The van der Waals surface area contributed by atoms with Crippen LogP contribution in [0, 0.1) is 0 Å². The van der Waals surface area contributed by atoms with Gasteiger partial charge in [-0.25, -0.2) is 4.98 Å². The van der Waals surface area contributed by atoms with E-state index in [0.717, 1.165) is 36.0 Å². The summed E-state index contributed by atoms with van der Waals surface area (Å²) in [6.07, 6.45) is 5.70. The lowest BCUT2D eigenvalue weighted by molar-refractivity contribution is 0.112. The molecular formula is C17H20N2O. The standard InChI is InChI=1S/C17H20N2O/c1-2-15-8-5-6-10-19(15)17-14(12-20)11-13-7-3-4-9-16(13)18-17/h3-4,7,9,11-12,15H,2,5-6,8,10H2,1H3. The molecule has 1 aliphatic rings. The highest BCUT2D eigenvalue weighted by Crippen LogP contribution is 2.29. The van der Waals surface area contributed by atoms with E-state index in [2.05, 4.69) is 11.8 Å². The van der Waals surface area contributed by atoms with Crippen LogP contribution in [0.25, 0.3) is 10.9 Å². The molecule has 2 heterocycles. The first kappa shape index (κ1) is 13.1. The predicted octanol–water partition coefficient (Wildman–Crippen LogP) is 3.82. The molecule has 0 bridgehead atoms. The summed E-state index contributed by atoms with van der Waals surface area (Å²) in [5, 5.41) is 1.03. The van der Waals surface area contributed by atoms with Crippen molar-refractivity contribution >= 4 is 23.0 Å². The summed E-state index contributed by atoms with van der Waals surface area (Å²) in [5.41, 5.74) is 1.68. The SMILES string of the molecule is CCC1CCCCN1c1nc2ccccc2cc1C=O. The van der Waals surface area contributed by atoms with Crippen LogP contribution in [0.1, 0.15) is 43.0 Å². The fraction of sp³-hybridized carbons (Fsp3) is 0.412. The minimum atomic E-state index is 0.510. The number of para-hydroxylation sites is 1. The second-order valence-corrected chi connectivity index (χ2v) is 5.46. The van der Waals surface area contributed by atoms with Crippen molar-refractivity contribution < 1.29 is 4.79 Å². The van der Waals surface area contributed by atoms with E-state index in [4.69, 9.17) is 4.98 Å². The van der Waals surface area contributed by atoms with Crippen LogP contribution in [0.15, 0.2) is 30.3 Å². The molecule has 20 heavy (non-hydrogen) atoms. The molecule has 1 atom stereocenters. The predicted molar refractivity (Wildman–Crippen MR) is 82.4 cm³/mol. The number of carbonyl (C=O) groups excluding carboxylic acids is 1. The fourth-order valence-electron chi connectivity index (χ4n) is 3.14. The quantitative estimate of drug-likeness (QED) is 0.793. The zero-order chi connectivity index (χ0) is 13.9. The maximum Gasteiger partial charge on any atom is 0.153 e. The largest absolute Gasteiger partial charge is 0.353 e. The molecule has 3 nitrogen and oxygen atoms in total. The first-order chi connectivity index (χ1) is 9.83. The van der Waals surface area contributed by atoms with Gasteiger partial charge in [-0.1, -0.05) is 25.1 Å². The van der Waals surface area contributed by atoms with Gasteiger partial charge >= 0.3 is 0 Å². The molecule has 0 N–H and O–H groups in total. The lowest BCUT2D eigenvalue weighted by atomic mass is 9.99. The number of aldehydes is 1. The Labute approximate surface area is 119 Å². The van der Waals surface area contributed by atoms with Crippen molar-refractivity contribution in [1.82, 2.24) is 4.98 Å². The molecule has 104 valence electrons. The number of pyridine rings is 1. The summed E-state index contributed by atoms with van der Waals surface area (Å²) < 4.78 is 0. The third kappa shape index (κ3) is 2.28. The van der Waals surface area contributed by atoms with Crippen molar-refractivity contribution in [2.75, 3.05) is 11.4 Å². The molecule has 0 saturated carbocycles. The smallest absolute Gasteiger partial charge is 0.153 e. The van der Waals surface area contributed by atoms with Gasteiger partial charge in [-0.3, -0.25) is 4.79 Å². The highest BCUT2D eigenvalue weighted by Gasteiger charge is 2.24. The van der Waals surface area contributed by atoms with Crippen LogP contribution >= 0.6 is 0 Å². The van der Waals surface area contributed by atoms with Crippen LogP contribution in [-0.2, 0) is 0 Å². The fourth-order valence-corrected chi connectivity index (χ4v) is 3.14. The van der Waals surface area contributed by atoms with Crippen LogP contribution in [0.4, 0.5) is 5.82 Å². The lowest BCUT2D eigenvalue weighted by Crippen LogP contribution is -2.40. The third-order valence-corrected chi connectivity index (χ3v) is 4.23. The molecule has 1 saturated heterocycles. The van der Waals surface area contributed by atoms with E-state index >= 15 is 0 Å². The molecule has 3 rings (SSSR count). The Morgan fingerprint density at radius 1 is 1.35 bits per heavy atom. The van der Waals surface area contributed by atoms with Gasteiger partial charge in [-0.15, -0.1) is 0 Å². The van der Waals surface area contributed by atoms with Gasteiger partial charge in [0.25, 0.3) is 0 Å². The highest BCUT2D eigenvalue weighted by atomic mass is 16.1. The minimum Gasteiger partial charge on any atom is -0.353 e. The number of anilines is 1. The van der Waals surface area contributed by atoms with E-state index in [-0.39, 0.29) is 0 Å². The second kappa shape index (κ2) is 5.61. The van der Waals surface area contributed by atoms with E-state index in [9.17, 15) is 4.79 Å². The van der Waals surface area contributed by atoms with Crippen molar-refractivity contribution in [3.63, 3.8) is 0 Å². The number of aromatic nitrogens is 1. The maximum atomic E-state index is 11.4. The Morgan fingerprint density at radius 2 is 2.20 bits per heavy atom. The lowest BCUT2D eigenvalue weighted by Gasteiger charge is -2.37. The van der Waals surface area contributed by atoms with Crippen molar-refractivity contribution in [1.29, 1.82) is 0 Å². The number of rotatable bonds is 3. The van der Waals surface area contributed by atoms with Crippen molar-refractivity contribution in [2.45, 2.75) is 38.6 Å². The van der Waals surface area contributed by atoms with Crippen molar-refractivity contribution in [3.8, 4) is 0 Å². The number of hydrogen-bond donors (Lipinski definition) is 0. The average molecular weight is 268 g/mol. The Balaban J connectivity index is 2.10. The third-order valence-electron chi connectivity index (χ3n) is 4.23. The van der Waals surface area contributed by atoms with Crippen LogP contribution < -0.4 is 4.90 Å². The number of piperidine rings is 1. The van der Waals surface area contributed by atoms with Crippen LogP contribution in [0.3, 0.4) is 0 Å². The van der Waals surface area contributed by atoms with Gasteiger partial charge in [0.1, 0.15) is 5.82 Å². The highest BCUT2D eigenvalue weighted by molar-refractivity contribution is 5.91. The van der Waals surface area contributed by atoms with Gasteiger partial charge in [0, 0.05) is 18.0 Å². The van der Waals surface area contributed by atoms with Crippen molar-refractivity contribution in [3.05, 3.63) is 35.9 Å². The van der Waals surface area contributed by atoms with Gasteiger partial charge in [0.2, 0.25) is 0 Å². The summed E-state index contributed by atoms with van der Waals surface area (Å²) in [6.45, 7) is 3.22. The molecule has 0 radical (unpaired) electrons. The first-order valence-electron chi connectivity index (χ1n) is 7.45. The van der Waals surface area contributed by atoms with Gasteiger partial charge in [-0.05, 0) is 37.8 Å². The minimum absolute atomic E-state index is 0.510. The van der Waals surface area contributed by atoms with Gasteiger partial charge in [0.05, 0.1) is 11.1 Å². The van der Waals surface area contributed by atoms with Crippen LogP contribution in [0.2, 0.25) is 0 Å². The van der Waals surface area contributed by atoms with Crippen molar-refractivity contribution in [2.24, 2.45) is 0 Å². The number of carbonyl (C=O) groups is 1. The topological polar surface area (TPSA) is 33.2 Å². The molecule has 1 aromatic heterocycles. The molecule has 1 aliphatic heterocycles. The molecule has 1 fully saturated rings. The molecule has 0 amide bonds. The van der Waals surface area contributed by atoms with Gasteiger partial charge in [-0.2, -0.15) is 0 Å². The van der Waals surface area contributed by atoms with E-state index in [0.29, 0.717) is 11.6 Å². The molecular weight excluding hydrogens is 248 g/mol. The van der Waals surface area contributed by atoms with E-state index in [1.807, 2.05) is 30.3 Å². The number of fused-ring (bicyclic) bond motifs is 1. The molecule has 1 aromatic carbocycles. The monoisotopic (exact) mass is 268 g/mol. The molecule has 2 aromatic rings. The first-order valence-corrected chi connectivity index (χ1v) is 7.45. The number of benzene rings is 1. The van der Waals surface area contributed by atoms with E-state index in [1.165, 1.54) is 19.3 Å². The molecule has 0 spiro atoms. The van der Waals surface area contributed by atoms with Crippen LogP contribution in [-0.4, -0.2) is 23.9 Å². The Kier molecular flexibility index (Phi) is 3.68. The second-order valence-electron chi connectivity index (χ2n) is 5.46. The van der Waals surface area contributed by atoms with E-state index in [1.54, 1.807) is 0 Å². The summed E-state index contributed by atoms with van der Waals surface area (Å²) in [5.74, 6) is 0.866. The Bertz CT molecular complexity index is 623. The summed E-state index contributed by atoms with van der Waals surface area (Å²) in [7, 11) is 0. The normalized spacial score (nSPS) is 19.2. The average Bonchev–Trinajstić information content (AvgIpc) is 2.53.